The monoisotopic (exact) mass is 396 g/mol. The van der Waals surface area contributed by atoms with E-state index < -0.39 is 0 Å². The van der Waals surface area contributed by atoms with E-state index in [1.807, 2.05) is 50.2 Å². The number of nitrogens with zero attached hydrogens (tertiary/aromatic N) is 2. The fraction of sp³-hybridized carbons (Fsp3) is 0.190. The molecule has 0 aliphatic heterocycles. The maximum Gasteiger partial charge on any atom is 0.270 e. The highest BCUT2D eigenvalue weighted by atomic mass is 35.5. The summed E-state index contributed by atoms with van der Waals surface area (Å²) in [4.78, 5) is 20.8. The van der Waals surface area contributed by atoms with Crippen molar-refractivity contribution >= 4 is 29.0 Å². The minimum atomic E-state index is -0.303. The summed E-state index contributed by atoms with van der Waals surface area (Å²) in [6.07, 6.45) is 1.35. The zero-order valence-corrected chi connectivity index (χ0v) is 16.7. The summed E-state index contributed by atoms with van der Waals surface area (Å²) in [5.41, 5.74) is 3.96. The summed E-state index contributed by atoms with van der Waals surface area (Å²) in [6, 6.07) is 13.0. The number of ether oxygens (including phenoxy) is 1. The maximum atomic E-state index is 12.5. The average Bonchev–Trinajstić information content (AvgIpc) is 2.69. The molecule has 1 heterocycles. The van der Waals surface area contributed by atoms with E-state index in [2.05, 4.69) is 20.6 Å². The first-order chi connectivity index (χ1) is 13.5. The molecule has 0 atom stereocenters. The van der Waals surface area contributed by atoms with Crippen LogP contribution in [0.3, 0.4) is 0 Å². The molecule has 7 heteroatoms. The van der Waals surface area contributed by atoms with Gasteiger partial charge in [0, 0.05) is 18.2 Å². The van der Waals surface area contributed by atoms with Gasteiger partial charge in [-0.2, -0.15) is 0 Å². The van der Waals surface area contributed by atoms with E-state index in [9.17, 15) is 4.79 Å². The summed E-state index contributed by atoms with van der Waals surface area (Å²) >= 11 is 6.34. The average molecular weight is 397 g/mol. The van der Waals surface area contributed by atoms with E-state index >= 15 is 0 Å². The Morgan fingerprint density at radius 1 is 1.14 bits per heavy atom. The van der Waals surface area contributed by atoms with Gasteiger partial charge in [-0.1, -0.05) is 35.9 Å². The van der Waals surface area contributed by atoms with Crippen LogP contribution in [0.15, 0.2) is 48.8 Å². The number of hydrogen-bond donors (Lipinski definition) is 2. The molecule has 1 amide bonds. The number of nitrogens with one attached hydrogen (secondary N) is 2. The van der Waals surface area contributed by atoms with Crippen LogP contribution in [0.1, 0.15) is 27.2 Å². The first kappa shape index (κ1) is 19.6. The Morgan fingerprint density at radius 3 is 2.68 bits per heavy atom. The molecule has 2 aromatic carbocycles. The number of hydrogen-bond acceptors (Lipinski definition) is 5. The Kier molecular flexibility index (Phi) is 6.11. The molecule has 0 bridgehead atoms. The quantitative estimate of drug-likeness (QED) is 0.644. The molecule has 0 spiro atoms. The van der Waals surface area contributed by atoms with Crippen LogP contribution >= 0.6 is 11.6 Å². The molecular weight excluding hydrogens is 376 g/mol. The summed E-state index contributed by atoms with van der Waals surface area (Å²) in [5.74, 6) is 0.909. The third kappa shape index (κ3) is 4.58. The predicted molar refractivity (Wildman–Crippen MR) is 110 cm³/mol. The van der Waals surface area contributed by atoms with Crippen molar-refractivity contribution in [3.63, 3.8) is 0 Å². The molecule has 3 aromatic rings. The topological polar surface area (TPSA) is 76.1 Å². The van der Waals surface area contributed by atoms with E-state index in [0.29, 0.717) is 17.4 Å². The Hall–Kier alpha value is -3.12. The van der Waals surface area contributed by atoms with E-state index in [4.69, 9.17) is 16.3 Å². The summed E-state index contributed by atoms with van der Waals surface area (Å²) in [5, 5.41) is 6.62. The number of benzene rings is 2. The lowest BCUT2D eigenvalue weighted by atomic mass is 10.1. The largest absolute Gasteiger partial charge is 0.496 e. The van der Waals surface area contributed by atoms with Crippen molar-refractivity contribution in [3.05, 3.63) is 76.2 Å². The molecule has 0 aliphatic carbocycles. The van der Waals surface area contributed by atoms with Crippen molar-refractivity contribution < 1.29 is 9.53 Å². The number of carbonyl (C=O) groups is 1. The molecule has 1 aromatic heterocycles. The third-order valence-electron chi connectivity index (χ3n) is 4.22. The van der Waals surface area contributed by atoms with Gasteiger partial charge in [0.1, 0.15) is 23.6 Å². The lowest BCUT2D eigenvalue weighted by Crippen LogP contribution is -2.24. The minimum Gasteiger partial charge on any atom is -0.496 e. The second-order valence-corrected chi connectivity index (χ2v) is 6.75. The van der Waals surface area contributed by atoms with Gasteiger partial charge in [0.2, 0.25) is 0 Å². The van der Waals surface area contributed by atoms with Crippen LogP contribution in [-0.4, -0.2) is 23.0 Å². The van der Waals surface area contributed by atoms with Crippen molar-refractivity contribution in [2.75, 3.05) is 12.4 Å². The van der Waals surface area contributed by atoms with Crippen molar-refractivity contribution in [3.8, 4) is 5.75 Å². The Morgan fingerprint density at radius 2 is 1.93 bits per heavy atom. The first-order valence-corrected chi connectivity index (χ1v) is 9.11. The molecule has 28 heavy (non-hydrogen) atoms. The molecule has 0 fully saturated rings. The highest BCUT2D eigenvalue weighted by Crippen LogP contribution is 2.29. The molecule has 2 N–H and O–H groups in total. The third-order valence-corrected chi connectivity index (χ3v) is 4.51. The van der Waals surface area contributed by atoms with Crippen LogP contribution in [0.25, 0.3) is 0 Å². The van der Waals surface area contributed by atoms with Gasteiger partial charge in [-0.25, -0.2) is 9.97 Å². The molecule has 0 unspecified atom stereocenters. The normalized spacial score (nSPS) is 10.4. The fourth-order valence-corrected chi connectivity index (χ4v) is 3.24. The number of halogens is 1. The SMILES string of the molecule is COc1ccccc1CNC(=O)c1cc(Nc2c(C)cc(C)cc2Cl)ncn1. The zero-order valence-electron chi connectivity index (χ0n) is 15.9. The second-order valence-electron chi connectivity index (χ2n) is 6.35. The standard InChI is InChI=1S/C21H21ClN4O2/c1-13-8-14(2)20(16(22)9-13)26-19-10-17(24-12-25-19)21(27)23-11-15-6-4-5-7-18(15)28-3/h4-10,12H,11H2,1-3H3,(H,23,27)(H,24,25,26). The number of anilines is 2. The number of aromatic nitrogens is 2. The van der Waals surface area contributed by atoms with Gasteiger partial charge in [-0.3, -0.25) is 4.79 Å². The Labute approximate surface area is 168 Å². The van der Waals surface area contributed by atoms with Crippen molar-refractivity contribution in [1.82, 2.24) is 15.3 Å². The molecule has 6 nitrogen and oxygen atoms in total. The first-order valence-electron chi connectivity index (χ1n) is 8.74. The van der Waals surface area contributed by atoms with Gasteiger partial charge < -0.3 is 15.4 Å². The smallest absolute Gasteiger partial charge is 0.270 e. The van der Waals surface area contributed by atoms with Crippen LogP contribution in [0.5, 0.6) is 5.75 Å². The number of methoxy groups -OCH3 is 1. The fourth-order valence-electron chi connectivity index (χ4n) is 2.87. The lowest BCUT2D eigenvalue weighted by molar-refractivity contribution is 0.0945. The van der Waals surface area contributed by atoms with E-state index in [0.717, 1.165) is 28.1 Å². The van der Waals surface area contributed by atoms with E-state index in [1.165, 1.54) is 6.33 Å². The minimum absolute atomic E-state index is 0.258. The number of para-hydroxylation sites is 1. The van der Waals surface area contributed by atoms with Crippen LogP contribution in [0, 0.1) is 13.8 Å². The van der Waals surface area contributed by atoms with Gasteiger partial charge >= 0.3 is 0 Å². The molecule has 0 saturated carbocycles. The van der Waals surface area contributed by atoms with Crippen LogP contribution in [0.4, 0.5) is 11.5 Å². The van der Waals surface area contributed by atoms with Gasteiger partial charge in [0.05, 0.1) is 17.8 Å². The molecule has 0 radical (unpaired) electrons. The molecule has 3 rings (SSSR count). The number of aryl methyl sites for hydroxylation is 2. The van der Waals surface area contributed by atoms with Crippen LogP contribution in [0.2, 0.25) is 5.02 Å². The number of carbonyl (C=O) groups excluding carboxylic acids is 1. The highest BCUT2D eigenvalue weighted by molar-refractivity contribution is 6.33. The second kappa shape index (κ2) is 8.71. The van der Waals surface area contributed by atoms with Crippen LogP contribution < -0.4 is 15.4 Å². The summed E-state index contributed by atoms with van der Waals surface area (Å²) < 4.78 is 5.30. The zero-order chi connectivity index (χ0) is 20.1. The summed E-state index contributed by atoms with van der Waals surface area (Å²) in [6.45, 7) is 4.28. The maximum absolute atomic E-state index is 12.5. The molecular formula is C21H21ClN4O2. The van der Waals surface area contributed by atoms with Crippen molar-refractivity contribution in [2.45, 2.75) is 20.4 Å². The molecule has 0 aliphatic rings. The van der Waals surface area contributed by atoms with Crippen molar-refractivity contribution in [2.24, 2.45) is 0 Å². The van der Waals surface area contributed by atoms with E-state index in [-0.39, 0.29) is 11.6 Å². The highest BCUT2D eigenvalue weighted by Gasteiger charge is 2.12. The van der Waals surface area contributed by atoms with Gasteiger partial charge in [0.15, 0.2) is 0 Å². The Bertz CT molecular complexity index is 984. The number of rotatable bonds is 6. The van der Waals surface area contributed by atoms with Gasteiger partial charge in [-0.05, 0) is 37.1 Å². The molecule has 144 valence electrons. The van der Waals surface area contributed by atoms with Gasteiger partial charge in [0.25, 0.3) is 5.91 Å². The Balaban J connectivity index is 1.73. The van der Waals surface area contributed by atoms with Crippen LogP contribution in [-0.2, 0) is 6.54 Å². The van der Waals surface area contributed by atoms with E-state index in [1.54, 1.807) is 13.2 Å². The van der Waals surface area contributed by atoms with Crippen molar-refractivity contribution in [1.29, 1.82) is 0 Å². The number of amides is 1. The predicted octanol–water partition coefficient (Wildman–Crippen LogP) is 4.43. The lowest BCUT2D eigenvalue weighted by Gasteiger charge is -2.13. The van der Waals surface area contributed by atoms with Gasteiger partial charge in [-0.15, -0.1) is 0 Å². The summed E-state index contributed by atoms with van der Waals surface area (Å²) in [7, 11) is 1.60. The molecule has 0 saturated heterocycles.